The number of nitrogens with zero attached hydrogens (tertiary/aromatic N) is 2. The number of benzene rings is 2. The molecule has 8 nitrogen and oxygen atoms in total. The fourth-order valence-electron chi connectivity index (χ4n) is 3.26. The maximum Gasteiger partial charge on any atom is 0.304 e. The van der Waals surface area contributed by atoms with E-state index in [0.29, 0.717) is 10.8 Å². The lowest BCUT2D eigenvalue weighted by Crippen LogP contribution is -2.36. The van der Waals surface area contributed by atoms with E-state index in [-0.39, 0.29) is 31.0 Å². The number of nitrogens with one attached hydrogen (secondary N) is 1. The molecule has 0 amide bonds. The molecule has 1 heterocycles. The highest BCUT2D eigenvalue weighted by atomic mass is 35.5. The second kappa shape index (κ2) is 10.2. The number of hydrogen-bond acceptors (Lipinski definition) is 6. The van der Waals surface area contributed by atoms with Crippen molar-refractivity contribution >= 4 is 44.2 Å². The van der Waals surface area contributed by atoms with Gasteiger partial charge in [-0.05, 0) is 55.5 Å². The Morgan fingerprint density at radius 3 is 2.53 bits per heavy atom. The molecule has 0 fully saturated rings. The number of hydrogen-bond donors (Lipinski definition) is 2. The molecule has 0 atom stereocenters. The van der Waals surface area contributed by atoms with Crippen LogP contribution in [0.2, 0.25) is 5.02 Å². The van der Waals surface area contributed by atoms with Gasteiger partial charge in [0.25, 0.3) is 0 Å². The van der Waals surface area contributed by atoms with Gasteiger partial charge in [0.2, 0.25) is 10.0 Å². The number of ether oxygens (including phenoxy) is 1. The van der Waals surface area contributed by atoms with Gasteiger partial charge in [0.15, 0.2) is 0 Å². The van der Waals surface area contributed by atoms with Crippen molar-refractivity contribution in [2.75, 3.05) is 32.1 Å². The van der Waals surface area contributed by atoms with Crippen LogP contribution in [0.4, 0.5) is 5.69 Å². The number of halogens is 1. The molecule has 0 saturated carbocycles. The minimum atomic E-state index is -3.89. The van der Waals surface area contributed by atoms with Crippen molar-refractivity contribution in [2.45, 2.75) is 18.2 Å². The van der Waals surface area contributed by atoms with Crippen LogP contribution in [-0.4, -0.2) is 55.5 Å². The number of rotatable bonds is 10. The molecule has 0 aliphatic rings. The van der Waals surface area contributed by atoms with Gasteiger partial charge in [-0.3, -0.25) is 9.78 Å². The van der Waals surface area contributed by atoms with Gasteiger partial charge in [-0.15, -0.1) is 0 Å². The molecule has 0 aliphatic carbocycles. The number of carbonyl (C=O) groups is 1. The lowest BCUT2D eigenvalue weighted by Gasteiger charge is -2.22. The van der Waals surface area contributed by atoms with Gasteiger partial charge < -0.3 is 15.2 Å². The van der Waals surface area contributed by atoms with Gasteiger partial charge >= 0.3 is 5.97 Å². The first-order valence-electron chi connectivity index (χ1n) is 9.87. The van der Waals surface area contributed by atoms with Crippen LogP contribution in [0.25, 0.3) is 10.9 Å². The lowest BCUT2D eigenvalue weighted by molar-refractivity contribution is -0.137. The number of aromatic nitrogens is 1. The summed E-state index contributed by atoms with van der Waals surface area (Å²) in [4.78, 5) is 15.6. The van der Waals surface area contributed by atoms with Gasteiger partial charge in [-0.25, -0.2) is 8.42 Å². The summed E-state index contributed by atoms with van der Waals surface area (Å²) >= 11 is 6.13. The summed E-state index contributed by atoms with van der Waals surface area (Å²) in [7, 11) is -2.40. The first-order chi connectivity index (χ1) is 15.2. The molecular formula is C22H24ClN3O5S. The fraction of sp³-hybridized carbons (Fsp3) is 0.273. The van der Waals surface area contributed by atoms with E-state index in [2.05, 4.69) is 10.3 Å². The van der Waals surface area contributed by atoms with E-state index < -0.39 is 16.0 Å². The Morgan fingerprint density at radius 1 is 1.16 bits per heavy atom. The number of carboxylic acid groups (broad SMARTS) is 1. The molecule has 2 aromatic carbocycles. The average Bonchev–Trinajstić information content (AvgIpc) is 2.76. The second-order valence-corrected chi connectivity index (χ2v) is 9.50. The molecule has 3 aromatic rings. The Labute approximate surface area is 191 Å². The van der Waals surface area contributed by atoms with E-state index in [1.165, 1.54) is 23.5 Å². The SMILES string of the molecule is COc1ccc(S(=O)(=O)N(CCNc2cc(C)nc3ccc(Cl)cc23)CCC(=O)O)cc1. The quantitative estimate of drug-likeness (QED) is 0.457. The Hall–Kier alpha value is -2.88. The third-order valence-electron chi connectivity index (χ3n) is 4.85. The monoisotopic (exact) mass is 477 g/mol. The van der Waals surface area contributed by atoms with Crippen molar-refractivity contribution in [3.05, 3.63) is 59.2 Å². The van der Waals surface area contributed by atoms with E-state index in [1.54, 1.807) is 24.3 Å². The average molecular weight is 478 g/mol. The molecule has 0 unspecified atom stereocenters. The zero-order valence-corrected chi connectivity index (χ0v) is 19.3. The molecule has 1 aromatic heterocycles. The highest BCUT2D eigenvalue weighted by molar-refractivity contribution is 7.89. The smallest absolute Gasteiger partial charge is 0.304 e. The number of methoxy groups -OCH3 is 1. The third kappa shape index (κ3) is 5.67. The lowest BCUT2D eigenvalue weighted by atomic mass is 10.1. The number of aryl methyl sites for hydroxylation is 1. The second-order valence-electron chi connectivity index (χ2n) is 7.12. The van der Waals surface area contributed by atoms with Gasteiger partial charge in [-0.1, -0.05) is 11.6 Å². The number of pyridine rings is 1. The molecular weight excluding hydrogens is 454 g/mol. The first kappa shape index (κ1) is 23.8. The van der Waals surface area contributed by atoms with E-state index in [9.17, 15) is 13.2 Å². The van der Waals surface area contributed by atoms with Crippen LogP contribution in [0.1, 0.15) is 12.1 Å². The Morgan fingerprint density at radius 2 is 1.88 bits per heavy atom. The van der Waals surface area contributed by atoms with Crippen LogP contribution in [-0.2, 0) is 14.8 Å². The molecule has 0 radical (unpaired) electrons. The van der Waals surface area contributed by atoms with Gasteiger partial charge in [-0.2, -0.15) is 4.31 Å². The third-order valence-corrected chi connectivity index (χ3v) is 7.00. The van der Waals surface area contributed by atoms with Crippen LogP contribution in [0.3, 0.4) is 0 Å². The summed E-state index contributed by atoms with van der Waals surface area (Å²) in [5, 5.41) is 13.7. The minimum Gasteiger partial charge on any atom is -0.497 e. The number of carboxylic acids is 1. The summed E-state index contributed by atoms with van der Waals surface area (Å²) < 4.78 is 32.5. The highest BCUT2D eigenvalue weighted by Gasteiger charge is 2.25. The molecule has 10 heteroatoms. The van der Waals surface area contributed by atoms with Crippen LogP contribution >= 0.6 is 11.6 Å². The predicted molar refractivity (Wildman–Crippen MR) is 124 cm³/mol. The van der Waals surface area contributed by atoms with Crippen LogP contribution in [0.15, 0.2) is 53.4 Å². The fourth-order valence-corrected chi connectivity index (χ4v) is 4.87. The number of fused-ring (bicyclic) bond motifs is 1. The van der Waals surface area contributed by atoms with E-state index in [0.717, 1.165) is 22.3 Å². The van der Waals surface area contributed by atoms with E-state index >= 15 is 0 Å². The number of aliphatic carboxylic acids is 1. The molecule has 3 rings (SSSR count). The zero-order valence-electron chi connectivity index (χ0n) is 17.7. The van der Waals surface area contributed by atoms with E-state index in [4.69, 9.17) is 21.4 Å². The standard InChI is InChI=1S/C22H24ClN3O5S/c1-15-13-21(19-14-16(23)3-8-20(19)25-15)24-10-12-26(11-9-22(27)28)32(29,30)18-6-4-17(31-2)5-7-18/h3-8,13-14H,9-12H2,1-2H3,(H,24,25)(H,27,28). The van der Waals surface area contributed by atoms with Crippen molar-refractivity contribution < 1.29 is 23.1 Å². The molecule has 0 spiro atoms. The summed E-state index contributed by atoms with van der Waals surface area (Å²) in [5.41, 5.74) is 2.34. The van der Waals surface area contributed by atoms with Gasteiger partial charge in [0, 0.05) is 41.4 Å². The maximum absolute atomic E-state index is 13.1. The van der Waals surface area contributed by atoms with Crippen molar-refractivity contribution in [3.8, 4) is 5.75 Å². The minimum absolute atomic E-state index is 0.0701. The van der Waals surface area contributed by atoms with Crippen molar-refractivity contribution in [3.63, 3.8) is 0 Å². The van der Waals surface area contributed by atoms with Gasteiger partial charge in [0.05, 0.1) is 23.9 Å². The summed E-state index contributed by atoms with van der Waals surface area (Å²) in [6.45, 7) is 2.06. The Balaban J connectivity index is 1.81. The number of anilines is 1. The summed E-state index contributed by atoms with van der Waals surface area (Å²) in [5.74, 6) is -0.542. The van der Waals surface area contributed by atoms with E-state index in [1.807, 2.05) is 19.1 Å². The van der Waals surface area contributed by atoms with Crippen LogP contribution < -0.4 is 10.1 Å². The molecule has 0 aliphatic heterocycles. The molecule has 0 bridgehead atoms. The van der Waals surface area contributed by atoms with Gasteiger partial charge in [0.1, 0.15) is 5.75 Å². The first-order valence-corrected chi connectivity index (χ1v) is 11.7. The molecule has 2 N–H and O–H groups in total. The summed E-state index contributed by atoms with van der Waals surface area (Å²) in [6, 6.07) is 13.2. The van der Waals surface area contributed by atoms with Crippen LogP contribution in [0, 0.1) is 6.92 Å². The largest absolute Gasteiger partial charge is 0.497 e. The Bertz CT molecular complexity index is 1220. The summed E-state index contributed by atoms with van der Waals surface area (Å²) in [6.07, 6.45) is -0.303. The van der Waals surface area contributed by atoms with Crippen molar-refractivity contribution in [1.29, 1.82) is 0 Å². The normalized spacial score (nSPS) is 11.6. The topological polar surface area (TPSA) is 109 Å². The van der Waals surface area contributed by atoms with Crippen molar-refractivity contribution in [1.82, 2.24) is 9.29 Å². The molecule has 32 heavy (non-hydrogen) atoms. The maximum atomic E-state index is 13.1. The zero-order chi connectivity index (χ0) is 23.3. The van der Waals surface area contributed by atoms with Crippen LogP contribution in [0.5, 0.6) is 5.75 Å². The molecule has 170 valence electrons. The predicted octanol–water partition coefficient (Wildman–Crippen LogP) is 3.78. The van der Waals surface area contributed by atoms with Crippen molar-refractivity contribution in [2.24, 2.45) is 0 Å². The highest BCUT2D eigenvalue weighted by Crippen LogP contribution is 2.26. The molecule has 0 saturated heterocycles. The number of sulfonamides is 1. The Kier molecular flexibility index (Phi) is 7.55.